The SMILES string of the molecule is CS(=O)(=O)O[C@H]1CC(C(=O)OCc2ccccc2)N(S(C)(=O)=O)C1. The normalized spacial score (nSPS) is 22.4. The van der Waals surface area contributed by atoms with Gasteiger partial charge in [0.1, 0.15) is 12.6 Å². The highest BCUT2D eigenvalue weighted by atomic mass is 32.2. The Labute approximate surface area is 141 Å². The van der Waals surface area contributed by atoms with Crippen LogP contribution in [0.25, 0.3) is 0 Å². The minimum atomic E-state index is -3.75. The molecule has 0 bridgehead atoms. The molecule has 8 nitrogen and oxygen atoms in total. The summed E-state index contributed by atoms with van der Waals surface area (Å²) in [4.78, 5) is 12.3. The monoisotopic (exact) mass is 377 g/mol. The van der Waals surface area contributed by atoms with E-state index in [1.54, 1.807) is 24.3 Å². The van der Waals surface area contributed by atoms with E-state index >= 15 is 0 Å². The standard InChI is InChI=1S/C14H19NO7S2/c1-23(17,18)15-9-12(22-24(2,19)20)8-13(15)14(16)21-10-11-6-4-3-5-7-11/h3-7,12-13H,8-10H2,1-2H3/t12-,13?/m0/s1. The summed E-state index contributed by atoms with van der Waals surface area (Å²) in [6.07, 6.45) is 0.837. The van der Waals surface area contributed by atoms with Crippen LogP contribution in [-0.2, 0) is 40.5 Å². The number of carbonyl (C=O) groups is 1. The van der Waals surface area contributed by atoms with E-state index in [0.29, 0.717) is 0 Å². The van der Waals surface area contributed by atoms with Crippen LogP contribution in [0.1, 0.15) is 12.0 Å². The van der Waals surface area contributed by atoms with E-state index in [-0.39, 0.29) is 19.6 Å². The van der Waals surface area contributed by atoms with Gasteiger partial charge in [0.05, 0.1) is 18.6 Å². The highest BCUT2D eigenvalue weighted by Crippen LogP contribution is 2.25. The number of carbonyl (C=O) groups excluding carboxylic acids is 1. The predicted molar refractivity (Wildman–Crippen MR) is 85.9 cm³/mol. The van der Waals surface area contributed by atoms with Crippen molar-refractivity contribution in [3.05, 3.63) is 35.9 Å². The first-order valence-corrected chi connectivity index (χ1v) is 10.8. The van der Waals surface area contributed by atoms with Gasteiger partial charge in [-0.25, -0.2) is 8.42 Å². The second-order valence-electron chi connectivity index (χ2n) is 5.60. The van der Waals surface area contributed by atoms with Gasteiger partial charge in [0.25, 0.3) is 10.1 Å². The van der Waals surface area contributed by atoms with Crippen molar-refractivity contribution >= 4 is 26.1 Å². The van der Waals surface area contributed by atoms with E-state index in [1.807, 2.05) is 6.07 Å². The molecule has 1 heterocycles. The van der Waals surface area contributed by atoms with Gasteiger partial charge < -0.3 is 4.74 Å². The molecular weight excluding hydrogens is 358 g/mol. The zero-order valence-electron chi connectivity index (χ0n) is 13.3. The average Bonchev–Trinajstić information content (AvgIpc) is 2.88. The van der Waals surface area contributed by atoms with Gasteiger partial charge in [0.15, 0.2) is 0 Å². The second-order valence-corrected chi connectivity index (χ2v) is 9.14. The first-order chi connectivity index (χ1) is 11.1. The quantitative estimate of drug-likeness (QED) is 0.511. The third-order valence-corrected chi connectivity index (χ3v) is 5.33. The molecule has 134 valence electrons. The number of hydrogen-bond acceptors (Lipinski definition) is 7. The second kappa shape index (κ2) is 7.18. The highest BCUT2D eigenvalue weighted by molar-refractivity contribution is 7.88. The molecule has 24 heavy (non-hydrogen) atoms. The molecule has 0 aliphatic carbocycles. The Balaban J connectivity index is 2.08. The van der Waals surface area contributed by atoms with Crippen LogP contribution in [0.5, 0.6) is 0 Å². The lowest BCUT2D eigenvalue weighted by molar-refractivity contribution is -0.148. The largest absolute Gasteiger partial charge is 0.460 e. The Kier molecular flexibility index (Phi) is 5.63. The van der Waals surface area contributed by atoms with Crippen molar-refractivity contribution in [2.75, 3.05) is 19.1 Å². The minimum absolute atomic E-state index is 0.00533. The summed E-state index contributed by atoms with van der Waals surface area (Å²) in [5.74, 6) is -0.733. The van der Waals surface area contributed by atoms with Crippen molar-refractivity contribution in [2.45, 2.75) is 25.2 Å². The van der Waals surface area contributed by atoms with Crippen LogP contribution in [0, 0.1) is 0 Å². The molecule has 0 amide bonds. The lowest BCUT2D eigenvalue weighted by Crippen LogP contribution is -2.40. The molecule has 1 unspecified atom stereocenters. The van der Waals surface area contributed by atoms with Crippen LogP contribution in [-0.4, -0.2) is 58.3 Å². The third kappa shape index (κ3) is 5.26. The molecule has 2 rings (SSSR count). The summed E-state index contributed by atoms with van der Waals surface area (Å²) < 4.78 is 57.0. The van der Waals surface area contributed by atoms with Gasteiger partial charge in [0, 0.05) is 13.0 Å². The number of benzene rings is 1. The number of esters is 1. The van der Waals surface area contributed by atoms with E-state index in [2.05, 4.69) is 0 Å². The zero-order valence-corrected chi connectivity index (χ0v) is 14.9. The van der Waals surface area contributed by atoms with E-state index < -0.39 is 38.3 Å². The molecule has 1 aromatic rings. The maximum atomic E-state index is 12.3. The summed E-state index contributed by atoms with van der Waals surface area (Å²) in [5, 5.41) is 0. The first-order valence-electron chi connectivity index (χ1n) is 7.12. The van der Waals surface area contributed by atoms with E-state index in [9.17, 15) is 21.6 Å². The zero-order chi connectivity index (χ0) is 18.0. The molecule has 10 heteroatoms. The Hall–Kier alpha value is -1.49. The van der Waals surface area contributed by atoms with Crippen LogP contribution < -0.4 is 0 Å². The van der Waals surface area contributed by atoms with Crippen molar-refractivity contribution in [2.24, 2.45) is 0 Å². The van der Waals surface area contributed by atoms with Crippen LogP contribution in [0.15, 0.2) is 30.3 Å². The van der Waals surface area contributed by atoms with Crippen LogP contribution >= 0.6 is 0 Å². The molecule has 1 saturated heterocycles. The Morgan fingerprint density at radius 1 is 1.17 bits per heavy atom. The molecule has 0 N–H and O–H groups in total. The maximum absolute atomic E-state index is 12.3. The molecule has 1 fully saturated rings. The van der Waals surface area contributed by atoms with Gasteiger partial charge in [-0.05, 0) is 5.56 Å². The van der Waals surface area contributed by atoms with Crippen molar-refractivity contribution in [3.63, 3.8) is 0 Å². The summed E-state index contributed by atoms with van der Waals surface area (Å²) in [7, 11) is -7.46. The van der Waals surface area contributed by atoms with E-state index in [0.717, 1.165) is 22.4 Å². The lowest BCUT2D eigenvalue weighted by atomic mass is 10.2. The molecule has 2 atom stereocenters. The third-order valence-electron chi connectivity index (χ3n) is 3.45. The molecule has 0 radical (unpaired) electrons. The number of sulfonamides is 1. The molecule has 1 aliphatic rings. The Bertz CT molecular complexity index is 790. The van der Waals surface area contributed by atoms with Crippen molar-refractivity contribution in [1.29, 1.82) is 0 Å². The fourth-order valence-electron chi connectivity index (χ4n) is 2.49. The predicted octanol–water partition coefficient (Wildman–Crippen LogP) is 0.108. The molecule has 0 spiro atoms. The van der Waals surface area contributed by atoms with Crippen molar-refractivity contribution in [1.82, 2.24) is 4.31 Å². The van der Waals surface area contributed by atoms with Crippen LogP contribution in [0.3, 0.4) is 0 Å². The average molecular weight is 377 g/mol. The molecule has 1 aromatic carbocycles. The molecular formula is C14H19NO7S2. The summed E-state index contributed by atoms with van der Waals surface area (Å²) >= 11 is 0. The van der Waals surface area contributed by atoms with E-state index in [4.69, 9.17) is 8.92 Å². The fraction of sp³-hybridized carbons (Fsp3) is 0.500. The molecule has 1 aliphatic heterocycles. The smallest absolute Gasteiger partial charge is 0.324 e. The van der Waals surface area contributed by atoms with Crippen LogP contribution in [0.4, 0.5) is 0 Å². The summed E-state index contributed by atoms with van der Waals surface area (Å²) in [6.45, 7) is -0.206. The topological polar surface area (TPSA) is 107 Å². The highest BCUT2D eigenvalue weighted by Gasteiger charge is 2.44. The lowest BCUT2D eigenvalue weighted by Gasteiger charge is -2.20. The Morgan fingerprint density at radius 2 is 1.79 bits per heavy atom. The van der Waals surface area contributed by atoms with Gasteiger partial charge in [-0.15, -0.1) is 0 Å². The summed E-state index contributed by atoms with van der Waals surface area (Å²) in [5.41, 5.74) is 0.763. The van der Waals surface area contributed by atoms with Crippen molar-refractivity contribution < 1.29 is 30.6 Å². The molecule has 0 saturated carbocycles. The number of nitrogens with zero attached hydrogens (tertiary/aromatic N) is 1. The van der Waals surface area contributed by atoms with Gasteiger partial charge in [-0.2, -0.15) is 12.7 Å². The fourth-order valence-corrected chi connectivity index (χ4v) is 4.20. The summed E-state index contributed by atoms with van der Waals surface area (Å²) in [6, 6.07) is 7.84. The van der Waals surface area contributed by atoms with Crippen molar-refractivity contribution in [3.8, 4) is 0 Å². The minimum Gasteiger partial charge on any atom is -0.460 e. The van der Waals surface area contributed by atoms with Crippen LogP contribution in [0.2, 0.25) is 0 Å². The number of rotatable bonds is 6. The Morgan fingerprint density at radius 3 is 2.33 bits per heavy atom. The first kappa shape index (κ1) is 18.8. The van der Waals surface area contributed by atoms with Gasteiger partial charge >= 0.3 is 5.97 Å². The van der Waals surface area contributed by atoms with Gasteiger partial charge in [-0.1, -0.05) is 30.3 Å². The maximum Gasteiger partial charge on any atom is 0.324 e. The van der Waals surface area contributed by atoms with Gasteiger partial charge in [0.2, 0.25) is 10.0 Å². The van der Waals surface area contributed by atoms with Gasteiger partial charge in [-0.3, -0.25) is 8.98 Å². The molecule has 0 aromatic heterocycles. The number of ether oxygens (including phenoxy) is 1. The number of hydrogen-bond donors (Lipinski definition) is 0. The van der Waals surface area contributed by atoms with E-state index in [1.165, 1.54) is 0 Å².